The topological polar surface area (TPSA) is 334 Å². The van der Waals surface area contributed by atoms with E-state index in [-0.39, 0.29) is 40.0 Å². The summed E-state index contributed by atoms with van der Waals surface area (Å²) >= 11 is 0. The second-order valence-corrected chi connectivity index (χ2v) is 10.6. The Labute approximate surface area is 209 Å². The van der Waals surface area contributed by atoms with Crippen molar-refractivity contribution in [3.63, 3.8) is 0 Å². The van der Waals surface area contributed by atoms with Crippen LogP contribution in [0.1, 0.15) is 6.23 Å². The Balaban J connectivity index is 0.00000432. The zero-order valence-electron chi connectivity index (χ0n) is 16.8. The molecule has 6 atom stereocenters. The van der Waals surface area contributed by atoms with Gasteiger partial charge in [-0.15, -0.1) is 0 Å². The van der Waals surface area contributed by atoms with Gasteiger partial charge in [-0.25, -0.2) is 24.1 Å². The minimum Gasteiger partial charge on any atom is -0.789 e. The van der Waals surface area contributed by atoms with E-state index in [1.807, 2.05) is 0 Å². The summed E-state index contributed by atoms with van der Waals surface area (Å²) in [5, 5.41) is 24.0. The Kier molecular flexibility index (Phi) is 9.40. The van der Waals surface area contributed by atoms with Crippen molar-refractivity contribution in [3.05, 3.63) is 16.8 Å². The Morgan fingerprint density at radius 3 is 2.46 bits per heavy atom. The van der Waals surface area contributed by atoms with Crippen molar-refractivity contribution < 1.29 is 61.4 Å². The predicted octanol–water partition coefficient (Wildman–Crippen LogP) is -2.33. The summed E-state index contributed by atoms with van der Waals surface area (Å²) < 4.78 is 51.1. The maximum absolute atomic E-state index is 11.8. The molecule has 0 aliphatic carbocycles. The van der Waals surface area contributed by atoms with Crippen LogP contribution in [-0.2, 0) is 31.6 Å². The third-order valence-corrected chi connectivity index (χ3v) is 7.78. The van der Waals surface area contributed by atoms with Gasteiger partial charge in [-0.2, -0.15) is 4.31 Å². The standard InChI is InChI=1S/C10H15N8O13P3.Mg/c11-7-4-8(14-2-13-7)18(10(15-4)16-17-12)9-6(20)5(19)3(29-9)1-28-33(24,25)31-34(26,27)30-32(21,22)23;/h2-3,5-6,9,19-20H,1H2,(H,24,25)(H,26,27)(H2,11,13,14)(H2,21,22,23);/q;+2/p-2/t3-,5-,6-,9-;/m1./s1. The van der Waals surface area contributed by atoms with Crippen LogP contribution < -0.4 is 15.5 Å². The van der Waals surface area contributed by atoms with Gasteiger partial charge in [0.15, 0.2) is 23.2 Å². The molecule has 1 aliphatic rings. The summed E-state index contributed by atoms with van der Waals surface area (Å²) in [6.07, 6.45) is -5.80. The Morgan fingerprint density at radius 1 is 1.20 bits per heavy atom. The number of rotatable bonds is 9. The number of nitrogens with zero attached hydrogens (tertiary/aromatic N) is 7. The monoisotopic (exact) mass is 570 g/mol. The molecule has 2 aromatic heterocycles. The van der Waals surface area contributed by atoms with Crippen molar-refractivity contribution in [1.82, 2.24) is 19.5 Å². The predicted molar refractivity (Wildman–Crippen MR) is 106 cm³/mol. The van der Waals surface area contributed by atoms with Crippen LogP contribution in [0.15, 0.2) is 11.4 Å². The van der Waals surface area contributed by atoms with Gasteiger partial charge in [-0.3, -0.25) is 13.4 Å². The second-order valence-electron chi connectivity index (χ2n) is 6.29. The molecular formula is C10H13MgN8O13P3. The van der Waals surface area contributed by atoms with E-state index in [0.717, 1.165) is 10.9 Å². The number of hydrogen-bond acceptors (Lipinski definition) is 16. The molecule has 188 valence electrons. The molecule has 3 heterocycles. The van der Waals surface area contributed by atoms with Crippen molar-refractivity contribution >= 4 is 69.5 Å². The van der Waals surface area contributed by atoms with Crippen LogP contribution in [0, 0.1) is 0 Å². The van der Waals surface area contributed by atoms with Gasteiger partial charge in [0.05, 0.1) is 14.4 Å². The molecule has 1 fully saturated rings. The number of nitrogens with two attached hydrogens (primary N) is 1. The molecule has 2 aromatic rings. The molecule has 1 saturated heterocycles. The zero-order valence-corrected chi connectivity index (χ0v) is 20.9. The molecule has 0 bridgehead atoms. The smallest absolute Gasteiger partial charge is 0.789 e. The van der Waals surface area contributed by atoms with Gasteiger partial charge in [0.2, 0.25) is 5.95 Å². The maximum atomic E-state index is 11.8. The van der Waals surface area contributed by atoms with Crippen LogP contribution in [0.5, 0.6) is 0 Å². The first-order valence-electron chi connectivity index (χ1n) is 8.44. The first-order chi connectivity index (χ1) is 15.6. The van der Waals surface area contributed by atoms with Crippen LogP contribution in [0.25, 0.3) is 21.6 Å². The fraction of sp³-hybridized carbons (Fsp3) is 0.500. The van der Waals surface area contributed by atoms with E-state index >= 15 is 0 Å². The third kappa shape index (κ3) is 7.15. The average Bonchev–Trinajstić information content (AvgIpc) is 3.16. The van der Waals surface area contributed by atoms with Gasteiger partial charge in [0, 0.05) is 4.91 Å². The van der Waals surface area contributed by atoms with Crippen LogP contribution in [0.2, 0.25) is 0 Å². The molecule has 0 radical (unpaired) electrons. The van der Waals surface area contributed by atoms with Gasteiger partial charge in [0.1, 0.15) is 24.6 Å². The number of ether oxygens (including phenoxy) is 1. The number of phosphoric ester groups is 1. The molecule has 6 N–H and O–H groups in total. The summed E-state index contributed by atoms with van der Waals surface area (Å²) in [5.41, 5.74) is 14.3. The Bertz CT molecular complexity index is 1280. The van der Waals surface area contributed by atoms with Crippen molar-refractivity contribution in [2.24, 2.45) is 5.11 Å². The van der Waals surface area contributed by atoms with E-state index in [9.17, 15) is 38.6 Å². The fourth-order valence-electron chi connectivity index (χ4n) is 2.80. The molecule has 21 nitrogen and oxygen atoms in total. The molecular weight excluding hydrogens is 557 g/mol. The van der Waals surface area contributed by atoms with Gasteiger partial charge in [-0.05, 0) is 10.6 Å². The van der Waals surface area contributed by atoms with Crippen LogP contribution >= 0.6 is 23.5 Å². The van der Waals surface area contributed by atoms with Crippen molar-refractivity contribution in [3.8, 4) is 0 Å². The number of aliphatic hydroxyl groups excluding tert-OH is 2. The summed E-state index contributed by atoms with van der Waals surface area (Å²) in [6.45, 7) is -1.09. The van der Waals surface area contributed by atoms with Crippen LogP contribution in [0.3, 0.4) is 0 Å². The number of phosphoric acid groups is 3. The van der Waals surface area contributed by atoms with E-state index in [1.165, 1.54) is 0 Å². The summed E-state index contributed by atoms with van der Waals surface area (Å²) in [7, 11) is -17.6. The zero-order chi connectivity index (χ0) is 25.5. The van der Waals surface area contributed by atoms with Crippen LogP contribution in [0.4, 0.5) is 11.8 Å². The Hall–Kier alpha value is -1.28. The third-order valence-electron chi connectivity index (χ3n) is 4.02. The molecule has 0 aromatic carbocycles. The number of hydrogen-bond donors (Lipinski definition) is 5. The number of fused-ring (bicyclic) bond motifs is 1. The summed E-state index contributed by atoms with van der Waals surface area (Å²) in [6, 6.07) is 0. The summed E-state index contributed by atoms with van der Waals surface area (Å²) in [4.78, 5) is 53.5. The van der Waals surface area contributed by atoms with Gasteiger partial charge in [0.25, 0.3) is 0 Å². The molecule has 0 amide bonds. The molecule has 0 saturated carbocycles. The van der Waals surface area contributed by atoms with E-state index in [4.69, 9.17) is 20.9 Å². The number of azide groups is 1. The maximum Gasteiger partial charge on any atom is 2.00 e. The van der Waals surface area contributed by atoms with Gasteiger partial charge in [-0.1, -0.05) is 0 Å². The minimum absolute atomic E-state index is 0. The van der Waals surface area contributed by atoms with Crippen molar-refractivity contribution in [2.75, 3.05) is 12.3 Å². The second kappa shape index (κ2) is 11.0. The number of imidazole rings is 1. The molecule has 2 unspecified atom stereocenters. The minimum atomic E-state index is -6.09. The Morgan fingerprint density at radius 2 is 1.86 bits per heavy atom. The first-order valence-corrected chi connectivity index (χ1v) is 12.9. The van der Waals surface area contributed by atoms with Gasteiger partial charge >= 0.3 is 38.7 Å². The molecule has 0 spiro atoms. The molecule has 1 aliphatic heterocycles. The van der Waals surface area contributed by atoms with Crippen molar-refractivity contribution in [1.29, 1.82) is 0 Å². The largest absolute Gasteiger partial charge is 2.00 e. The average molecular weight is 570 g/mol. The number of anilines is 1. The number of aliphatic hydroxyl groups is 2. The normalized spacial score (nSPS) is 25.9. The molecule has 35 heavy (non-hydrogen) atoms. The van der Waals surface area contributed by atoms with E-state index in [2.05, 4.69) is 38.1 Å². The summed E-state index contributed by atoms with van der Waals surface area (Å²) in [5.74, 6) is -0.530. The van der Waals surface area contributed by atoms with E-state index in [0.29, 0.717) is 0 Å². The van der Waals surface area contributed by atoms with Gasteiger partial charge < -0.3 is 44.8 Å². The molecule has 3 rings (SSSR count). The number of aromatic nitrogens is 4. The number of nitrogen functional groups attached to an aromatic ring is 1. The van der Waals surface area contributed by atoms with Crippen LogP contribution in [-0.4, -0.2) is 87.5 Å². The first kappa shape index (κ1) is 29.9. The van der Waals surface area contributed by atoms with E-state index in [1.54, 1.807) is 0 Å². The molecule has 25 heteroatoms. The van der Waals surface area contributed by atoms with E-state index < -0.39 is 60.6 Å². The van der Waals surface area contributed by atoms with Crippen molar-refractivity contribution in [2.45, 2.75) is 24.5 Å². The fourth-order valence-corrected chi connectivity index (χ4v) is 5.77. The quantitative estimate of drug-likeness (QED) is 0.0693. The SMILES string of the molecule is [Mg+2].[N-]=[N+]=Nc1nc2c(N)ncnc2n1[C@@H]1O[C@H](COP(=O)(O)OP(=O)(O)OP(=O)([O-])[O-])[C@@H](O)[C@H]1O.